The van der Waals surface area contributed by atoms with Gasteiger partial charge in [0, 0.05) is 19.3 Å². The molecule has 1 atom stereocenters. The van der Waals surface area contributed by atoms with Crippen molar-refractivity contribution in [2.45, 2.75) is 13.0 Å². The zero-order chi connectivity index (χ0) is 13.8. The minimum absolute atomic E-state index is 0.191. The number of hydrogen-bond acceptors (Lipinski definition) is 4. The normalized spacial score (nSPS) is 12.4. The molecule has 7 heteroatoms. The second kappa shape index (κ2) is 6.23. The Morgan fingerprint density at radius 1 is 1.42 bits per heavy atom. The molecule has 1 N–H and O–H groups in total. The number of anilines is 1. The third kappa shape index (κ3) is 3.59. The predicted octanol–water partition coefficient (Wildman–Crippen LogP) is 3.02. The van der Waals surface area contributed by atoms with Crippen LogP contribution in [-0.4, -0.2) is 34.5 Å². The van der Waals surface area contributed by atoms with Gasteiger partial charge in [0.25, 0.3) is 0 Å². The molecule has 0 aromatic carbocycles. The van der Waals surface area contributed by atoms with E-state index in [2.05, 4.69) is 15.4 Å². The number of nitrogens with one attached hydrogen (secondary N) is 1. The van der Waals surface area contributed by atoms with Gasteiger partial charge in [0.15, 0.2) is 5.82 Å². The molecule has 1 unspecified atom stereocenters. The molecule has 2 heterocycles. The Kier molecular flexibility index (Phi) is 4.63. The summed E-state index contributed by atoms with van der Waals surface area (Å²) in [7, 11) is 1.67. The lowest BCUT2D eigenvalue weighted by molar-refractivity contribution is 0.190. The van der Waals surface area contributed by atoms with Gasteiger partial charge in [0.2, 0.25) is 0 Å². The summed E-state index contributed by atoms with van der Waals surface area (Å²) in [5.74, 6) is 0.540. The number of hydrogen-bond donors (Lipinski definition) is 1. The van der Waals surface area contributed by atoms with E-state index in [1.807, 2.05) is 13.1 Å². The van der Waals surface area contributed by atoms with Crippen LogP contribution in [0.25, 0.3) is 5.82 Å². The lowest BCUT2D eigenvalue weighted by Gasteiger charge is -2.11. The van der Waals surface area contributed by atoms with Crippen molar-refractivity contribution in [3.63, 3.8) is 0 Å². The van der Waals surface area contributed by atoms with Crippen LogP contribution in [0.15, 0.2) is 24.7 Å². The van der Waals surface area contributed by atoms with E-state index in [0.29, 0.717) is 22.5 Å². The molecule has 0 saturated carbocycles. The predicted molar refractivity (Wildman–Crippen MR) is 76.3 cm³/mol. The van der Waals surface area contributed by atoms with Gasteiger partial charge in [-0.3, -0.25) is 0 Å². The average Bonchev–Trinajstić information content (AvgIpc) is 2.77. The topological polar surface area (TPSA) is 52.0 Å². The molecule has 0 bridgehead atoms. The maximum absolute atomic E-state index is 6.08. The van der Waals surface area contributed by atoms with Crippen LogP contribution in [0.2, 0.25) is 10.0 Å². The number of methoxy groups -OCH3 is 1. The largest absolute Gasteiger partial charge is 0.383 e. The van der Waals surface area contributed by atoms with Crippen molar-refractivity contribution in [2.75, 3.05) is 19.0 Å². The zero-order valence-electron chi connectivity index (χ0n) is 10.6. The molecular formula is C12H14Cl2N4O. The van der Waals surface area contributed by atoms with Gasteiger partial charge in [0.1, 0.15) is 0 Å². The Balaban J connectivity index is 2.16. The molecule has 102 valence electrons. The fraction of sp³-hybridized carbons (Fsp3) is 0.333. The Morgan fingerprint density at radius 2 is 2.21 bits per heavy atom. The molecule has 0 amide bonds. The van der Waals surface area contributed by atoms with Crippen molar-refractivity contribution in [3.05, 3.63) is 34.7 Å². The van der Waals surface area contributed by atoms with E-state index in [-0.39, 0.29) is 6.04 Å². The first-order chi connectivity index (χ1) is 9.10. The maximum Gasteiger partial charge on any atom is 0.172 e. The summed E-state index contributed by atoms with van der Waals surface area (Å²) >= 11 is 11.9. The van der Waals surface area contributed by atoms with E-state index < -0.39 is 0 Å². The molecular weight excluding hydrogens is 287 g/mol. The van der Waals surface area contributed by atoms with Crippen LogP contribution in [0.5, 0.6) is 0 Å². The fourth-order valence-corrected chi connectivity index (χ4v) is 2.13. The van der Waals surface area contributed by atoms with Crippen LogP contribution in [0.1, 0.15) is 6.92 Å². The molecule has 2 aromatic heterocycles. The Bertz CT molecular complexity index is 558. The number of halogens is 2. The van der Waals surface area contributed by atoms with E-state index in [0.717, 1.165) is 5.69 Å². The minimum Gasteiger partial charge on any atom is -0.383 e. The summed E-state index contributed by atoms with van der Waals surface area (Å²) in [6.07, 6.45) is 5.05. The molecule has 0 aliphatic rings. The summed E-state index contributed by atoms with van der Waals surface area (Å²) in [6.45, 7) is 2.64. The number of nitrogens with zero attached hydrogens (tertiary/aromatic N) is 3. The highest BCUT2D eigenvalue weighted by atomic mass is 35.5. The third-order valence-electron chi connectivity index (χ3n) is 2.42. The lowest BCUT2D eigenvalue weighted by atomic mass is 10.3. The summed E-state index contributed by atoms with van der Waals surface area (Å²) in [5, 5.41) is 8.42. The van der Waals surface area contributed by atoms with Gasteiger partial charge in [-0.15, -0.1) is 0 Å². The van der Waals surface area contributed by atoms with Gasteiger partial charge in [-0.25, -0.2) is 9.67 Å². The van der Waals surface area contributed by atoms with Crippen LogP contribution >= 0.6 is 23.2 Å². The summed E-state index contributed by atoms with van der Waals surface area (Å²) in [4.78, 5) is 4.16. The molecule has 0 aliphatic heterocycles. The molecule has 0 radical (unpaired) electrons. The first-order valence-electron chi connectivity index (χ1n) is 5.71. The van der Waals surface area contributed by atoms with Crippen molar-refractivity contribution in [1.29, 1.82) is 0 Å². The molecule has 0 fully saturated rings. The zero-order valence-corrected chi connectivity index (χ0v) is 12.1. The average molecular weight is 301 g/mol. The highest BCUT2D eigenvalue weighted by molar-refractivity contribution is 6.35. The van der Waals surface area contributed by atoms with Gasteiger partial charge in [-0.05, 0) is 13.0 Å². The van der Waals surface area contributed by atoms with Crippen LogP contribution in [-0.2, 0) is 4.74 Å². The van der Waals surface area contributed by atoms with Crippen molar-refractivity contribution < 1.29 is 4.74 Å². The van der Waals surface area contributed by atoms with E-state index >= 15 is 0 Å². The highest BCUT2D eigenvalue weighted by Gasteiger charge is 2.09. The minimum atomic E-state index is 0.191. The van der Waals surface area contributed by atoms with Gasteiger partial charge >= 0.3 is 0 Å². The maximum atomic E-state index is 6.08. The van der Waals surface area contributed by atoms with E-state index in [4.69, 9.17) is 27.9 Å². The number of ether oxygens (including phenoxy) is 1. The molecule has 0 saturated heterocycles. The number of aromatic nitrogens is 3. The molecule has 2 rings (SSSR count). The van der Waals surface area contributed by atoms with E-state index in [1.165, 1.54) is 6.20 Å². The lowest BCUT2D eigenvalue weighted by Crippen LogP contribution is -2.20. The summed E-state index contributed by atoms with van der Waals surface area (Å²) < 4.78 is 6.66. The molecule has 19 heavy (non-hydrogen) atoms. The van der Waals surface area contributed by atoms with Gasteiger partial charge < -0.3 is 10.1 Å². The van der Waals surface area contributed by atoms with E-state index in [1.54, 1.807) is 24.1 Å². The van der Waals surface area contributed by atoms with Crippen molar-refractivity contribution >= 4 is 28.9 Å². The van der Waals surface area contributed by atoms with Crippen molar-refractivity contribution in [1.82, 2.24) is 14.8 Å². The summed E-state index contributed by atoms with van der Waals surface area (Å²) in [5.41, 5.74) is 0.873. The smallest absolute Gasteiger partial charge is 0.172 e. The van der Waals surface area contributed by atoms with Crippen LogP contribution < -0.4 is 5.32 Å². The number of rotatable bonds is 5. The van der Waals surface area contributed by atoms with Gasteiger partial charge in [0.05, 0.1) is 34.7 Å². The third-order valence-corrected chi connectivity index (χ3v) is 2.90. The fourth-order valence-electron chi connectivity index (χ4n) is 1.67. The highest BCUT2D eigenvalue weighted by Crippen LogP contribution is 2.22. The Hall–Kier alpha value is -1.30. The summed E-state index contributed by atoms with van der Waals surface area (Å²) in [6, 6.07) is 1.82. The molecule has 2 aromatic rings. The standard InChI is InChI=1S/C12H14Cl2N4O/c1-8(7-19-2)17-10-5-16-18(6-10)12-11(14)3-9(13)4-15-12/h3-6,8,17H,7H2,1-2H3. The Morgan fingerprint density at radius 3 is 2.89 bits per heavy atom. The van der Waals surface area contributed by atoms with Crippen LogP contribution in [0.3, 0.4) is 0 Å². The van der Waals surface area contributed by atoms with Gasteiger partial charge in [-0.2, -0.15) is 5.10 Å². The van der Waals surface area contributed by atoms with Crippen LogP contribution in [0.4, 0.5) is 5.69 Å². The van der Waals surface area contributed by atoms with Crippen molar-refractivity contribution in [2.24, 2.45) is 0 Å². The molecule has 0 spiro atoms. The molecule has 5 nitrogen and oxygen atoms in total. The second-order valence-electron chi connectivity index (χ2n) is 4.13. The SMILES string of the molecule is COCC(C)Nc1cnn(-c2ncc(Cl)cc2Cl)c1. The van der Waals surface area contributed by atoms with E-state index in [9.17, 15) is 0 Å². The van der Waals surface area contributed by atoms with Crippen LogP contribution in [0, 0.1) is 0 Å². The number of pyridine rings is 1. The molecule has 0 aliphatic carbocycles. The second-order valence-corrected chi connectivity index (χ2v) is 4.98. The Labute approximate surface area is 121 Å². The monoisotopic (exact) mass is 300 g/mol. The first-order valence-corrected chi connectivity index (χ1v) is 6.47. The quantitative estimate of drug-likeness (QED) is 0.922. The van der Waals surface area contributed by atoms with Crippen molar-refractivity contribution in [3.8, 4) is 5.82 Å². The van der Waals surface area contributed by atoms with Gasteiger partial charge in [-0.1, -0.05) is 23.2 Å². The first kappa shape index (κ1) is 14.1.